The highest BCUT2D eigenvalue weighted by Crippen LogP contribution is 2.39. The van der Waals surface area contributed by atoms with E-state index in [9.17, 15) is 12.8 Å². The maximum absolute atomic E-state index is 13.7. The Bertz CT molecular complexity index is 696. The van der Waals surface area contributed by atoms with Gasteiger partial charge in [-0.2, -0.15) is 9.57 Å². The monoisotopic (exact) mass is 308 g/mol. The third-order valence-electron chi connectivity index (χ3n) is 4.62. The van der Waals surface area contributed by atoms with Gasteiger partial charge in [0.15, 0.2) is 0 Å². The van der Waals surface area contributed by atoms with Gasteiger partial charge in [-0.15, -0.1) is 0 Å². The molecule has 0 N–H and O–H groups in total. The van der Waals surface area contributed by atoms with Crippen LogP contribution in [0, 0.1) is 23.1 Å². The van der Waals surface area contributed by atoms with Crippen LogP contribution in [0.2, 0.25) is 0 Å². The second-order valence-electron chi connectivity index (χ2n) is 5.74. The minimum absolute atomic E-state index is 0.0126. The standard InChI is InChI=1S/C15H17FN2O2S/c16-13-6-2-8-15(12(13)10-17)21(19,20)18-9-3-5-11-4-1-7-14(11)18/h2,6,8,11,14H,1,3-5,7,9H2. The minimum atomic E-state index is -3.81. The number of rotatable bonds is 2. The average Bonchev–Trinajstić information content (AvgIpc) is 2.95. The molecule has 2 atom stereocenters. The molecule has 1 saturated carbocycles. The summed E-state index contributed by atoms with van der Waals surface area (Å²) in [6, 6.07) is 5.49. The van der Waals surface area contributed by atoms with Crippen LogP contribution in [0.5, 0.6) is 0 Å². The fourth-order valence-corrected chi connectivity index (χ4v) is 5.57. The second-order valence-corrected chi connectivity index (χ2v) is 7.60. The summed E-state index contributed by atoms with van der Waals surface area (Å²) in [6.45, 7) is 0.463. The van der Waals surface area contributed by atoms with Crippen molar-refractivity contribution in [2.45, 2.75) is 43.0 Å². The largest absolute Gasteiger partial charge is 0.244 e. The van der Waals surface area contributed by atoms with E-state index < -0.39 is 15.8 Å². The first-order valence-corrected chi connectivity index (χ1v) is 8.70. The van der Waals surface area contributed by atoms with Crippen LogP contribution in [0.4, 0.5) is 4.39 Å². The van der Waals surface area contributed by atoms with Gasteiger partial charge in [0.25, 0.3) is 0 Å². The van der Waals surface area contributed by atoms with Gasteiger partial charge < -0.3 is 0 Å². The predicted octanol–water partition coefficient (Wildman–Crippen LogP) is 2.65. The van der Waals surface area contributed by atoms with Crippen molar-refractivity contribution < 1.29 is 12.8 Å². The second kappa shape index (κ2) is 5.39. The fraction of sp³-hybridized carbons (Fsp3) is 0.533. The highest BCUT2D eigenvalue weighted by molar-refractivity contribution is 7.89. The average molecular weight is 308 g/mol. The Labute approximate surface area is 124 Å². The summed E-state index contributed by atoms with van der Waals surface area (Å²) in [4.78, 5) is -0.197. The van der Waals surface area contributed by atoms with Gasteiger partial charge in [-0.05, 0) is 43.7 Å². The molecule has 0 spiro atoms. The summed E-state index contributed by atoms with van der Waals surface area (Å²) in [5.41, 5.74) is -0.377. The zero-order valence-corrected chi connectivity index (χ0v) is 12.4. The first-order valence-electron chi connectivity index (χ1n) is 7.26. The quantitative estimate of drug-likeness (QED) is 0.844. The summed E-state index contributed by atoms with van der Waals surface area (Å²) < 4.78 is 41.0. The van der Waals surface area contributed by atoms with Crippen LogP contribution in [-0.2, 0) is 10.0 Å². The molecule has 0 radical (unpaired) electrons. The van der Waals surface area contributed by atoms with Crippen LogP contribution in [0.25, 0.3) is 0 Å². The molecule has 1 aromatic carbocycles. The molecule has 4 nitrogen and oxygen atoms in total. The van der Waals surface area contributed by atoms with E-state index in [1.165, 1.54) is 16.4 Å². The normalized spacial score (nSPS) is 26.3. The van der Waals surface area contributed by atoms with Crippen LogP contribution in [0.1, 0.15) is 37.7 Å². The van der Waals surface area contributed by atoms with Gasteiger partial charge in [-0.25, -0.2) is 12.8 Å². The van der Waals surface area contributed by atoms with Crippen molar-refractivity contribution in [3.05, 3.63) is 29.6 Å². The minimum Gasteiger partial charge on any atom is -0.207 e. The van der Waals surface area contributed by atoms with E-state index in [-0.39, 0.29) is 16.5 Å². The Kier molecular flexibility index (Phi) is 3.72. The molecule has 0 bridgehead atoms. The number of nitrogens with zero attached hydrogens (tertiary/aromatic N) is 2. The Morgan fingerprint density at radius 1 is 1.24 bits per heavy atom. The van der Waals surface area contributed by atoms with Gasteiger partial charge in [0.05, 0.1) is 0 Å². The van der Waals surface area contributed by atoms with E-state index in [2.05, 4.69) is 0 Å². The van der Waals surface area contributed by atoms with Gasteiger partial charge in [0, 0.05) is 12.6 Å². The summed E-state index contributed by atoms with van der Waals surface area (Å²) in [5.74, 6) is -0.369. The van der Waals surface area contributed by atoms with Crippen molar-refractivity contribution in [1.29, 1.82) is 5.26 Å². The molecule has 1 aliphatic heterocycles. The molecule has 0 amide bonds. The Hall–Kier alpha value is -1.45. The summed E-state index contributed by atoms with van der Waals surface area (Å²) in [7, 11) is -3.81. The highest BCUT2D eigenvalue weighted by Gasteiger charge is 2.42. The number of benzene rings is 1. The molecule has 1 saturated heterocycles. The van der Waals surface area contributed by atoms with Crippen molar-refractivity contribution in [3.8, 4) is 6.07 Å². The smallest absolute Gasteiger partial charge is 0.207 e. The molecule has 2 aliphatic rings. The van der Waals surface area contributed by atoms with Crippen molar-refractivity contribution in [2.24, 2.45) is 5.92 Å². The molecule has 1 heterocycles. The maximum atomic E-state index is 13.7. The Morgan fingerprint density at radius 3 is 2.76 bits per heavy atom. The lowest BCUT2D eigenvalue weighted by Crippen LogP contribution is -2.46. The van der Waals surface area contributed by atoms with E-state index in [4.69, 9.17) is 5.26 Å². The van der Waals surface area contributed by atoms with Crippen LogP contribution >= 0.6 is 0 Å². The fourth-order valence-electron chi connectivity index (χ4n) is 3.66. The molecule has 1 aliphatic carbocycles. The molecular formula is C15H17FN2O2S. The number of piperidine rings is 1. The first kappa shape index (κ1) is 14.5. The number of hydrogen-bond acceptors (Lipinski definition) is 3. The van der Waals surface area contributed by atoms with E-state index >= 15 is 0 Å². The summed E-state index contributed by atoms with van der Waals surface area (Å²) >= 11 is 0. The zero-order valence-electron chi connectivity index (χ0n) is 11.6. The molecule has 1 aromatic rings. The number of nitriles is 1. The lowest BCUT2D eigenvalue weighted by atomic mass is 9.94. The SMILES string of the molecule is N#Cc1c(F)cccc1S(=O)(=O)N1CCCC2CCCC21. The third-order valence-corrected chi connectivity index (χ3v) is 6.58. The van der Waals surface area contributed by atoms with Gasteiger partial charge in [0.1, 0.15) is 22.3 Å². The maximum Gasteiger partial charge on any atom is 0.244 e. The molecular weight excluding hydrogens is 291 g/mol. The van der Waals surface area contributed by atoms with Crippen LogP contribution in [0.3, 0.4) is 0 Å². The van der Waals surface area contributed by atoms with Crippen LogP contribution in [-0.4, -0.2) is 25.3 Å². The topological polar surface area (TPSA) is 61.2 Å². The van der Waals surface area contributed by atoms with Crippen LogP contribution in [0.15, 0.2) is 23.1 Å². The van der Waals surface area contributed by atoms with Crippen LogP contribution < -0.4 is 0 Å². The molecule has 21 heavy (non-hydrogen) atoms. The lowest BCUT2D eigenvalue weighted by molar-refractivity contribution is 0.202. The van der Waals surface area contributed by atoms with Gasteiger partial charge in [-0.1, -0.05) is 12.5 Å². The molecule has 0 aromatic heterocycles. The molecule has 2 unspecified atom stereocenters. The Morgan fingerprint density at radius 2 is 2.00 bits per heavy atom. The van der Waals surface area contributed by atoms with Gasteiger partial charge >= 0.3 is 0 Å². The zero-order chi connectivity index (χ0) is 15.0. The highest BCUT2D eigenvalue weighted by atomic mass is 32.2. The van der Waals surface area contributed by atoms with E-state index in [1.54, 1.807) is 6.07 Å². The summed E-state index contributed by atoms with van der Waals surface area (Å²) in [5, 5.41) is 9.08. The lowest BCUT2D eigenvalue weighted by Gasteiger charge is -2.36. The van der Waals surface area contributed by atoms with Gasteiger partial charge in [-0.3, -0.25) is 0 Å². The van der Waals surface area contributed by atoms with E-state index in [1.807, 2.05) is 0 Å². The van der Waals surface area contributed by atoms with E-state index in [0.717, 1.165) is 38.2 Å². The molecule has 2 fully saturated rings. The van der Waals surface area contributed by atoms with Crippen molar-refractivity contribution >= 4 is 10.0 Å². The molecule has 3 rings (SSSR count). The number of halogens is 1. The van der Waals surface area contributed by atoms with Gasteiger partial charge in [0.2, 0.25) is 10.0 Å². The van der Waals surface area contributed by atoms with Crippen molar-refractivity contribution in [3.63, 3.8) is 0 Å². The first-order chi connectivity index (χ1) is 10.1. The van der Waals surface area contributed by atoms with E-state index in [0.29, 0.717) is 12.5 Å². The number of hydrogen-bond donors (Lipinski definition) is 0. The number of fused-ring (bicyclic) bond motifs is 1. The Balaban J connectivity index is 2.05. The predicted molar refractivity (Wildman–Crippen MR) is 75.4 cm³/mol. The number of sulfonamides is 1. The molecule has 6 heteroatoms. The summed E-state index contributed by atoms with van der Waals surface area (Å²) in [6.07, 6.45) is 4.85. The van der Waals surface area contributed by atoms with Crippen molar-refractivity contribution in [1.82, 2.24) is 4.31 Å². The molecule has 112 valence electrons. The third kappa shape index (κ3) is 2.34. The van der Waals surface area contributed by atoms with Crippen molar-refractivity contribution in [2.75, 3.05) is 6.54 Å².